The van der Waals surface area contributed by atoms with Crippen molar-refractivity contribution in [3.8, 4) is 0 Å². The van der Waals surface area contributed by atoms with Crippen LogP contribution in [0.25, 0.3) is 0 Å². The highest BCUT2D eigenvalue weighted by atomic mass is 35.5. The van der Waals surface area contributed by atoms with Crippen molar-refractivity contribution in [3.63, 3.8) is 0 Å². The van der Waals surface area contributed by atoms with Crippen LogP contribution >= 0.6 is 11.6 Å². The standard InChI is InChI=1S/C14H23ClN2O/c1-5-16-11(2)12-6-7-14(13(15)10-12)17(3)8-9-18-4/h6-7,10-11,16H,5,8-9H2,1-4H3. The van der Waals surface area contributed by atoms with Crippen LogP contribution in [0, 0.1) is 0 Å². The number of nitrogens with one attached hydrogen (secondary N) is 1. The Kier molecular flexibility index (Phi) is 6.47. The molecule has 1 N–H and O–H groups in total. The second-order valence-corrected chi connectivity index (χ2v) is 4.81. The van der Waals surface area contributed by atoms with Gasteiger partial charge in [-0.3, -0.25) is 0 Å². The summed E-state index contributed by atoms with van der Waals surface area (Å²) in [5.74, 6) is 0. The van der Waals surface area contributed by atoms with Crippen molar-refractivity contribution in [1.82, 2.24) is 5.32 Å². The average molecular weight is 271 g/mol. The van der Waals surface area contributed by atoms with E-state index < -0.39 is 0 Å². The van der Waals surface area contributed by atoms with Crippen molar-refractivity contribution >= 4 is 17.3 Å². The summed E-state index contributed by atoms with van der Waals surface area (Å²) in [5, 5.41) is 4.17. The van der Waals surface area contributed by atoms with Crippen LogP contribution in [0.15, 0.2) is 18.2 Å². The van der Waals surface area contributed by atoms with Gasteiger partial charge < -0.3 is 15.0 Å². The van der Waals surface area contributed by atoms with Crippen LogP contribution in [0.4, 0.5) is 5.69 Å². The minimum atomic E-state index is 0.325. The van der Waals surface area contributed by atoms with Gasteiger partial charge in [-0.15, -0.1) is 0 Å². The molecule has 0 saturated carbocycles. The summed E-state index contributed by atoms with van der Waals surface area (Å²) in [4.78, 5) is 2.10. The van der Waals surface area contributed by atoms with Gasteiger partial charge in [-0.1, -0.05) is 24.6 Å². The predicted octanol–water partition coefficient (Wildman–Crippen LogP) is 3.09. The van der Waals surface area contributed by atoms with E-state index in [1.165, 1.54) is 5.56 Å². The lowest BCUT2D eigenvalue weighted by atomic mass is 10.1. The van der Waals surface area contributed by atoms with Gasteiger partial charge in [0, 0.05) is 26.7 Å². The van der Waals surface area contributed by atoms with Gasteiger partial charge in [0.2, 0.25) is 0 Å². The smallest absolute Gasteiger partial charge is 0.0642 e. The highest BCUT2D eigenvalue weighted by Crippen LogP contribution is 2.28. The van der Waals surface area contributed by atoms with Gasteiger partial charge in [0.15, 0.2) is 0 Å². The molecule has 1 aromatic rings. The predicted molar refractivity (Wildman–Crippen MR) is 78.7 cm³/mol. The molecule has 0 amide bonds. The molecule has 0 aliphatic heterocycles. The third-order valence-electron chi connectivity index (χ3n) is 3.02. The number of halogens is 1. The summed E-state index contributed by atoms with van der Waals surface area (Å²) in [6.07, 6.45) is 0. The summed E-state index contributed by atoms with van der Waals surface area (Å²) in [7, 11) is 3.73. The van der Waals surface area contributed by atoms with Crippen LogP contribution in [0.3, 0.4) is 0 Å². The molecule has 0 spiro atoms. The zero-order valence-electron chi connectivity index (χ0n) is 11.7. The Bertz CT molecular complexity index is 371. The van der Waals surface area contributed by atoms with E-state index in [4.69, 9.17) is 16.3 Å². The molecule has 0 saturated heterocycles. The van der Waals surface area contributed by atoms with Crippen molar-refractivity contribution in [2.75, 3.05) is 38.8 Å². The first kappa shape index (κ1) is 15.3. The number of methoxy groups -OCH3 is 1. The number of hydrogen-bond acceptors (Lipinski definition) is 3. The van der Waals surface area contributed by atoms with E-state index in [0.29, 0.717) is 12.6 Å². The first-order chi connectivity index (χ1) is 8.60. The summed E-state index contributed by atoms with van der Waals surface area (Å²) in [6, 6.07) is 6.55. The maximum absolute atomic E-state index is 6.34. The fourth-order valence-electron chi connectivity index (χ4n) is 1.87. The topological polar surface area (TPSA) is 24.5 Å². The van der Waals surface area contributed by atoms with E-state index in [2.05, 4.69) is 36.2 Å². The first-order valence-electron chi connectivity index (χ1n) is 6.33. The summed E-state index contributed by atoms with van der Waals surface area (Å²) >= 11 is 6.34. The maximum Gasteiger partial charge on any atom is 0.0642 e. The van der Waals surface area contributed by atoms with Crippen molar-refractivity contribution in [2.45, 2.75) is 19.9 Å². The van der Waals surface area contributed by atoms with Crippen LogP contribution in [-0.4, -0.2) is 33.9 Å². The van der Waals surface area contributed by atoms with Gasteiger partial charge in [-0.25, -0.2) is 0 Å². The van der Waals surface area contributed by atoms with E-state index in [1.54, 1.807) is 7.11 Å². The number of nitrogens with zero attached hydrogens (tertiary/aromatic N) is 1. The Morgan fingerprint density at radius 1 is 1.44 bits per heavy atom. The molecule has 0 aromatic heterocycles. The number of benzene rings is 1. The van der Waals surface area contributed by atoms with Crippen molar-refractivity contribution < 1.29 is 4.74 Å². The fraction of sp³-hybridized carbons (Fsp3) is 0.571. The molecule has 0 heterocycles. The van der Waals surface area contributed by atoms with E-state index in [-0.39, 0.29) is 0 Å². The van der Waals surface area contributed by atoms with Crippen LogP contribution < -0.4 is 10.2 Å². The largest absolute Gasteiger partial charge is 0.383 e. The monoisotopic (exact) mass is 270 g/mol. The second-order valence-electron chi connectivity index (χ2n) is 4.40. The molecule has 0 radical (unpaired) electrons. The van der Waals surface area contributed by atoms with Crippen molar-refractivity contribution in [3.05, 3.63) is 28.8 Å². The van der Waals surface area contributed by atoms with Gasteiger partial charge in [-0.2, -0.15) is 0 Å². The molecule has 3 nitrogen and oxygen atoms in total. The molecule has 0 fully saturated rings. The SMILES string of the molecule is CCNC(C)c1ccc(N(C)CCOC)c(Cl)c1. The van der Waals surface area contributed by atoms with Crippen LogP contribution in [0.1, 0.15) is 25.5 Å². The third kappa shape index (κ3) is 4.16. The summed E-state index contributed by atoms with van der Waals surface area (Å²) in [6.45, 7) is 6.73. The Labute approximate surface area is 115 Å². The van der Waals surface area contributed by atoms with Gasteiger partial charge >= 0.3 is 0 Å². The molecule has 102 valence electrons. The van der Waals surface area contributed by atoms with Gasteiger partial charge in [0.05, 0.1) is 17.3 Å². The fourth-order valence-corrected chi connectivity index (χ4v) is 2.21. The summed E-state index contributed by atoms with van der Waals surface area (Å²) in [5.41, 5.74) is 2.26. The van der Waals surface area contributed by atoms with Crippen LogP contribution in [-0.2, 0) is 4.74 Å². The van der Waals surface area contributed by atoms with Gasteiger partial charge in [0.25, 0.3) is 0 Å². The Hall–Kier alpha value is -0.770. The van der Waals surface area contributed by atoms with Gasteiger partial charge in [0.1, 0.15) is 0 Å². The number of anilines is 1. The first-order valence-corrected chi connectivity index (χ1v) is 6.70. The zero-order chi connectivity index (χ0) is 13.5. The molecule has 0 aliphatic carbocycles. The summed E-state index contributed by atoms with van der Waals surface area (Å²) < 4.78 is 5.07. The normalized spacial score (nSPS) is 12.5. The molecule has 0 aliphatic rings. The van der Waals surface area contributed by atoms with Gasteiger partial charge in [-0.05, 0) is 31.2 Å². The molecule has 1 atom stereocenters. The average Bonchev–Trinajstić information content (AvgIpc) is 2.36. The minimum absolute atomic E-state index is 0.325. The Morgan fingerprint density at radius 2 is 2.17 bits per heavy atom. The molecular weight excluding hydrogens is 248 g/mol. The second kappa shape index (κ2) is 7.62. The highest BCUT2D eigenvalue weighted by Gasteiger charge is 2.09. The quantitative estimate of drug-likeness (QED) is 0.824. The van der Waals surface area contributed by atoms with E-state index >= 15 is 0 Å². The number of rotatable bonds is 7. The molecule has 1 rings (SSSR count). The lowest BCUT2D eigenvalue weighted by Gasteiger charge is -2.21. The maximum atomic E-state index is 6.34. The molecule has 4 heteroatoms. The minimum Gasteiger partial charge on any atom is -0.383 e. The van der Waals surface area contributed by atoms with E-state index in [9.17, 15) is 0 Å². The van der Waals surface area contributed by atoms with Crippen molar-refractivity contribution in [1.29, 1.82) is 0 Å². The molecule has 0 bridgehead atoms. The number of hydrogen-bond donors (Lipinski definition) is 1. The number of likely N-dealkylation sites (N-methyl/N-ethyl adjacent to an activating group) is 1. The Balaban J connectivity index is 2.78. The molecule has 18 heavy (non-hydrogen) atoms. The van der Waals surface area contributed by atoms with Crippen LogP contribution in [0.5, 0.6) is 0 Å². The molecule has 1 aromatic carbocycles. The lowest BCUT2D eigenvalue weighted by molar-refractivity contribution is 0.206. The van der Waals surface area contributed by atoms with Crippen LogP contribution in [0.2, 0.25) is 5.02 Å². The zero-order valence-corrected chi connectivity index (χ0v) is 12.4. The number of ether oxygens (including phenoxy) is 1. The highest BCUT2D eigenvalue weighted by molar-refractivity contribution is 6.33. The van der Waals surface area contributed by atoms with Crippen molar-refractivity contribution in [2.24, 2.45) is 0 Å². The lowest BCUT2D eigenvalue weighted by Crippen LogP contribution is -2.22. The third-order valence-corrected chi connectivity index (χ3v) is 3.33. The Morgan fingerprint density at radius 3 is 2.72 bits per heavy atom. The molecule has 1 unspecified atom stereocenters. The van der Waals surface area contributed by atoms with E-state index in [0.717, 1.165) is 23.8 Å². The molecular formula is C14H23ClN2O. The van der Waals surface area contributed by atoms with E-state index in [1.807, 2.05) is 13.1 Å².